The molecule has 0 spiro atoms. The van der Waals surface area contributed by atoms with Crippen molar-refractivity contribution in [3.05, 3.63) is 34.9 Å². The summed E-state index contributed by atoms with van der Waals surface area (Å²) in [5, 5.41) is 18.1. The third-order valence-corrected chi connectivity index (χ3v) is 6.27. The number of aliphatic hydroxyl groups is 1. The van der Waals surface area contributed by atoms with Crippen LogP contribution in [-0.4, -0.2) is 117 Å². The quantitative estimate of drug-likeness (QED) is 0.644. The van der Waals surface area contributed by atoms with Gasteiger partial charge in [0.05, 0.1) is 30.6 Å². The van der Waals surface area contributed by atoms with E-state index in [4.69, 9.17) is 0 Å². The van der Waals surface area contributed by atoms with E-state index in [-0.39, 0.29) is 17.9 Å². The number of carbonyl (C=O) groups is 2. The lowest BCUT2D eigenvalue weighted by Gasteiger charge is -2.22. The molecule has 2 aromatic heterocycles. The number of carbonyl (C=O) groups excluding carboxylic acids is 2. The molecule has 0 bridgehead atoms. The number of β-amino-alcohol motifs (C(OH)–C–C–N with tert-alkyl or cyclic N) is 1. The Balaban J connectivity index is 0.000000233. The maximum Gasteiger partial charge on any atom is 0.274 e. The van der Waals surface area contributed by atoms with Gasteiger partial charge in [0.1, 0.15) is 0 Å². The predicted molar refractivity (Wildman–Crippen MR) is 144 cm³/mol. The van der Waals surface area contributed by atoms with Gasteiger partial charge in [0.2, 0.25) is 0 Å². The zero-order valence-electron chi connectivity index (χ0n) is 23.9. The number of nitrogens with zero attached hydrogens (tertiary/aromatic N) is 8. The Morgan fingerprint density at radius 2 is 1.32 bits per heavy atom. The molecular weight excluding hydrogens is 472 g/mol. The van der Waals surface area contributed by atoms with E-state index < -0.39 is 0 Å². The van der Waals surface area contributed by atoms with E-state index in [1.54, 1.807) is 23.9 Å². The molecule has 0 saturated carbocycles. The molecule has 0 aromatic carbocycles. The molecule has 0 radical (unpaired) electrons. The van der Waals surface area contributed by atoms with E-state index in [1.165, 1.54) is 0 Å². The molecule has 37 heavy (non-hydrogen) atoms. The Hall–Kier alpha value is -2.76. The number of likely N-dealkylation sites (N-methyl/N-ethyl adjacent to an activating group) is 2. The summed E-state index contributed by atoms with van der Waals surface area (Å²) < 4.78 is 3.84. The van der Waals surface area contributed by atoms with Gasteiger partial charge >= 0.3 is 0 Å². The van der Waals surface area contributed by atoms with Crippen LogP contribution < -0.4 is 0 Å². The fourth-order valence-electron chi connectivity index (χ4n) is 4.32. The standard InChI is InChI=1S/C12H18N4O2.C10H16N4O.2C2H6/c1-14-4-5-16-9(7-14)6-11(13-16)12(18)15-3-2-10(17)8-15;1-12(2)10(15)9-6-8-7-13(3)4-5-14(8)11-9;2*1-2/h6,10,17H,2-5,7-8H2,1H3;6H,4-5,7H2,1-3H3;2*1-2H3. The van der Waals surface area contributed by atoms with Crippen molar-refractivity contribution in [3.63, 3.8) is 0 Å². The van der Waals surface area contributed by atoms with Crippen molar-refractivity contribution < 1.29 is 14.7 Å². The first-order valence-corrected chi connectivity index (χ1v) is 13.4. The molecule has 1 unspecified atom stereocenters. The normalized spacial score (nSPS) is 18.7. The number of hydrogen-bond acceptors (Lipinski definition) is 7. The Morgan fingerprint density at radius 3 is 1.78 bits per heavy atom. The van der Waals surface area contributed by atoms with Crippen molar-refractivity contribution in [1.82, 2.24) is 39.2 Å². The van der Waals surface area contributed by atoms with Gasteiger partial charge in [0.25, 0.3) is 11.8 Å². The molecule has 2 aromatic rings. The zero-order chi connectivity index (χ0) is 27.7. The largest absolute Gasteiger partial charge is 0.391 e. The Bertz CT molecular complexity index is 1020. The lowest BCUT2D eigenvalue weighted by Crippen LogP contribution is -2.31. The Morgan fingerprint density at radius 1 is 0.838 bits per heavy atom. The monoisotopic (exact) mass is 518 g/mol. The average Bonchev–Trinajstić information content (AvgIpc) is 3.63. The van der Waals surface area contributed by atoms with Crippen LogP contribution in [0.2, 0.25) is 0 Å². The van der Waals surface area contributed by atoms with Crippen molar-refractivity contribution in [2.45, 2.75) is 66.4 Å². The highest BCUT2D eigenvalue weighted by molar-refractivity contribution is 5.92. The molecule has 1 fully saturated rings. The van der Waals surface area contributed by atoms with E-state index in [2.05, 4.69) is 34.1 Å². The Labute approximate surface area is 221 Å². The highest BCUT2D eigenvalue weighted by Crippen LogP contribution is 2.17. The van der Waals surface area contributed by atoms with E-state index in [0.29, 0.717) is 30.9 Å². The fraction of sp³-hybridized carbons (Fsp3) is 0.692. The molecule has 208 valence electrons. The second kappa shape index (κ2) is 14.3. The number of aliphatic hydroxyl groups excluding tert-OH is 1. The summed E-state index contributed by atoms with van der Waals surface area (Å²) >= 11 is 0. The van der Waals surface area contributed by atoms with Gasteiger partial charge in [-0.1, -0.05) is 27.7 Å². The molecule has 0 aliphatic carbocycles. The molecule has 2 amide bonds. The number of rotatable bonds is 2. The van der Waals surface area contributed by atoms with E-state index in [1.807, 2.05) is 49.2 Å². The summed E-state index contributed by atoms with van der Waals surface area (Å²) in [7, 11) is 7.62. The van der Waals surface area contributed by atoms with Crippen LogP contribution in [-0.2, 0) is 26.2 Å². The van der Waals surface area contributed by atoms with Crippen molar-refractivity contribution in [3.8, 4) is 0 Å². The lowest BCUT2D eigenvalue weighted by atomic mass is 10.3. The van der Waals surface area contributed by atoms with Gasteiger partial charge in [-0.25, -0.2) is 0 Å². The second-order valence-corrected chi connectivity index (χ2v) is 9.36. The maximum absolute atomic E-state index is 12.2. The zero-order valence-corrected chi connectivity index (χ0v) is 23.9. The highest BCUT2D eigenvalue weighted by Gasteiger charge is 2.28. The fourth-order valence-corrected chi connectivity index (χ4v) is 4.32. The van der Waals surface area contributed by atoms with Crippen molar-refractivity contribution >= 4 is 11.8 Å². The van der Waals surface area contributed by atoms with Crippen LogP contribution in [0.5, 0.6) is 0 Å². The predicted octanol–water partition coefficient (Wildman–Crippen LogP) is 1.62. The van der Waals surface area contributed by atoms with Crippen LogP contribution in [0.15, 0.2) is 12.1 Å². The van der Waals surface area contributed by atoms with Gasteiger partial charge in [-0.2, -0.15) is 10.2 Å². The highest BCUT2D eigenvalue weighted by atomic mass is 16.3. The first kappa shape index (κ1) is 30.5. The molecule has 11 heteroatoms. The summed E-state index contributed by atoms with van der Waals surface area (Å²) in [5.74, 6) is -0.0874. The molecule has 3 aliphatic rings. The molecule has 11 nitrogen and oxygen atoms in total. The van der Waals surface area contributed by atoms with Gasteiger partial charge < -0.3 is 14.9 Å². The van der Waals surface area contributed by atoms with Crippen LogP contribution in [0.1, 0.15) is 66.5 Å². The van der Waals surface area contributed by atoms with Crippen molar-refractivity contribution in [2.24, 2.45) is 0 Å². The summed E-state index contributed by atoms with van der Waals surface area (Å²) in [5.41, 5.74) is 3.26. The van der Waals surface area contributed by atoms with Crippen LogP contribution in [0.3, 0.4) is 0 Å². The minimum absolute atomic E-state index is 0.0282. The number of aromatic nitrogens is 4. The van der Waals surface area contributed by atoms with Crippen LogP contribution in [0, 0.1) is 0 Å². The maximum atomic E-state index is 12.2. The van der Waals surface area contributed by atoms with Crippen molar-refractivity contribution in [1.29, 1.82) is 0 Å². The van der Waals surface area contributed by atoms with Gasteiger partial charge in [-0.3, -0.25) is 28.8 Å². The van der Waals surface area contributed by atoms with Gasteiger partial charge in [-0.15, -0.1) is 0 Å². The minimum atomic E-state index is -0.377. The molecule has 3 aliphatic heterocycles. The second-order valence-electron chi connectivity index (χ2n) is 9.36. The lowest BCUT2D eigenvalue weighted by molar-refractivity contribution is 0.0757. The summed E-state index contributed by atoms with van der Waals surface area (Å²) in [6.07, 6.45) is 0.291. The smallest absolute Gasteiger partial charge is 0.274 e. The van der Waals surface area contributed by atoms with Crippen LogP contribution in [0.4, 0.5) is 0 Å². The SMILES string of the molecule is CC.CC.CN1CCn2nc(C(=O)N(C)C)cc2C1.CN1CCn2nc(C(=O)N3CCC(O)C3)cc2C1. The van der Waals surface area contributed by atoms with Gasteiger partial charge in [0.15, 0.2) is 11.4 Å². The molecule has 1 atom stereocenters. The molecule has 1 N–H and O–H groups in total. The number of hydrogen-bond donors (Lipinski definition) is 1. The molecule has 1 saturated heterocycles. The third kappa shape index (κ3) is 7.86. The summed E-state index contributed by atoms with van der Waals surface area (Å²) in [4.78, 5) is 31.6. The first-order chi connectivity index (χ1) is 17.7. The van der Waals surface area contributed by atoms with Gasteiger partial charge in [0, 0.05) is 53.4 Å². The molecule has 5 heterocycles. The number of fused-ring (bicyclic) bond motifs is 2. The Kier molecular flexibility index (Phi) is 11.7. The summed E-state index contributed by atoms with van der Waals surface area (Å²) in [6, 6.07) is 3.76. The molecular formula is C26H46N8O3. The van der Waals surface area contributed by atoms with E-state index >= 15 is 0 Å². The number of likely N-dealkylation sites (tertiary alicyclic amines) is 1. The van der Waals surface area contributed by atoms with E-state index in [0.717, 1.165) is 50.7 Å². The van der Waals surface area contributed by atoms with Crippen LogP contribution >= 0.6 is 0 Å². The minimum Gasteiger partial charge on any atom is -0.391 e. The third-order valence-electron chi connectivity index (χ3n) is 6.27. The van der Waals surface area contributed by atoms with Gasteiger partial charge in [-0.05, 0) is 32.6 Å². The number of amides is 2. The molecule has 5 rings (SSSR count). The topological polar surface area (TPSA) is 103 Å². The van der Waals surface area contributed by atoms with Crippen LogP contribution in [0.25, 0.3) is 0 Å². The van der Waals surface area contributed by atoms with Crippen molar-refractivity contribution in [2.75, 3.05) is 54.4 Å². The summed E-state index contributed by atoms with van der Waals surface area (Å²) in [6.45, 7) is 14.4. The first-order valence-electron chi connectivity index (χ1n) is 13.4. The average molecular weight is 519 g/mol. The van der Waals surface area contributed by atoms with E-state index in [9.17, 15) is 14.7 Å².